The Balaban J connectivity index is 2.00. The molecule has 0 bridgehead atoms. The lowest BCUT2D eigenvalue weighted by atomic mass is 9.95. The number of carbonyl (C=O) groups excluding carboxylic acids is 1. The van der Waals surface area contributed by atoms with Gasteiger partial charge in [0, 0.05) is 17.7 Å². The second kappa shape index (κ2) is 6.35. The molecule has 5 heteroatoms. The third-order valence-electron chi connectivity index (χ3n) is 4.11. The van der Waals surface area contributed by atoms with Crippen molar-refractivity contribution in [2.24, 2.45) is 0 Å². The molecular weight excluding hydrogens is 268 g/mol. The maximum atomic E-state index is 12.2. The van der Waals surface area contributed by atoms with Crippen LogP contribution in [-0.4, -0.2) is 29.9 Å². The number of hydrogen-bond donors (Lipinski definition) is 3. The van der Waals surface area contributed by atoms with Crippen LogP contribution in [0.4, 0.5) is 4.79 Å². The maximum absolute atomic E-state index is 12.2. The summed E-state index contributed by atoms with van der Waals surface area (Å²) < 4.78 is 5.59. The van der Waals surface area contributed by atoms with E-state index < -0.39 is 5.54 Å². The molecule has 1 heterocycles. The van der Waals surface area contributed by atoms with Gasteiger partial charge in [0.1, 0.15) is 12.4 Å². The zero-order chi connectivity index (χ0) is 15.5. The molecule has 0 saturated carbocycles. The monoisotopic (exact) mass is 292 g/mol. The summed E-state index contributed by atoms with van der Waals surface area (Å²) in [5.74, 6) is 0.833. The van der Waals surface area contributed by atoms with E-state index in [-0.39, 0.29) is 18.7 Å². The highest BCUT2D eigenvalue weighted by molar-refractivity contribution is 5.75. The van der Waals surface area contributed by atoms with Gasteiger partial charge in [0.05, 0.1) is 6.04 Å². The number of aryl methyl sites for hydroxylation is 1. The SMILES string of the molecule is CCC(C)(CCO)NC(=O)NC1COc2ccc(C)cc21. The summed E-state index contributed by atoms with van der Waals surface area (Å²) in [5.41, 5.74) is 1.77. The molecule has 1 aromatic rings. The van der Waals surface area contributed by atoms with E-state index in [1.54, 1.807) is 0 Å². The zero-order valence-electron chi connectivity index (χ0n) is 12.9. The van der Waals surface area contributed by atoms with Crippen molar-refractivity contribution in [2.75, 3.05) is 13.2 Å². The highest BCUT2D eigenvalue weighted by Gasteiger charge is 2.28. The standard InChI is InChI=1S/C16H24N2O3/c1-4-16(3,7-8-19)18-15(20)17-13-10-21-14-6-5-11(2)9-12(13)14/h5-6,9,13,19H,4,7-8,10H2,1-3H3,(H2,17,18,20). The van der Waals surface area contributed by atoms with Crippen molar-refractivity contribution in [3.05, 3.63) is 29.3 Å². The van der Waals surface area contributed by atoms with E-state index in [1.807, 2.05) is 39.0 Å². The van der Waals surface area contributed by atoms with Gasteiger partial charge in [0.25, 0.3) is 0 Å². The summed E-state index contributed by atoms with van der Waals surface area (Å²) >= 11 is 0. The minimum Gasteiger partial charge on any atom is -0.491 e. The van der Waals surface area contributed by atoms with E-state index in [2.05, 4.69) is 10.6 Å². The van der Waals surface area contributed by atoms with E-state index >= 15 is 0 Å². The van der Waals surface area contributed by atoms with Crippen molar-refractivity contribution >= 4 is 6.03 Å². The lowest BCUT2D eigenvalue weighted by molar-refractivity contribution is 0.196. The second-order valence-electron chi connectivity index (χ2n) is 5.89. The second-order valence-corrected chi connectivity index (χ2v) is 5.89. The van der Waals surface area contributed by atoms with Gasteiger partial charge in [-0.2, -0.15) is 0 Å². The van der Waals surface area contributed by atoms with E-state index in [0.29, 0.717) is 13.0 Å². The Kier molecular flexibility index (Phi) is 4.73. The largest absolute Gasteiger partial charge is 0.491 e. The Morgan fingerprint density at radius 2 is 2.29 bits per heavy atom. The zero-order valence-corrected chi connectivity index (χ0v) is 12.9. The van der Waals surface area contributed by atoms with Crippen LogP contribution in [0.25, 0.3) is 0 Å². The van der Waals surface area contributed by atoms with Crippen molar-refractivity contribution in [1.82, 2.24) is 10.6 Å². The number of aliphatic hydroxyl groups is 1. The molecule has 0 saturated heterocycles. The van der Waals surface area contributed by atoms with E-state index in [0.717, 1.165) is 23.3 Å². The summed E-state index contributed by atoms with van der Waals surface area (Å²) in [6, 6.07) is 5.62. The molecule has 1 aliphatic rings. The lowest BCUT2D eigenvalue weighted by Crippen LogP contribution is -2.51. The smallest absolute Gasteiger partial charge is 0.315 e. The molecule has 1 aromatic carbocycles. The molecule has 0 radical (unpaired) electrons. The number of benzene rings is 1. The first-order valence-corrected chi connectivity index (χ1v) is 7.40. The first kappa shape index (κ1) is 15.6. The van der Waals surface area contributed by atoms with E-state index in [9.17, 15) is 4.79 Å². The van der Waals surface area contributed by atoms with E-state index in [4.69, 9.17) is 9.84 Å². The van der Waals surface area contributed by atoms with Gasteiger partial charge in [-0.15, -0.1) is 0 Å². The molecule has 21 heavy (non-hydrogen) atoms. The predicted molar refractivity (Wildman–Crippen MR) is 81.5 cm³/mol. The maximum Gasteiger partial charge on any atom is 0.315 e. The van der Waals surface area contributed by atoms with Gasteiger partial charge >= 0.3 is 6.03 Å². The van der Waals surface area contributed by atoms with Gasteiger partial charge in [-0.1, -0.05) is 24.6 Å². The predicted octanol–water partition coefficient (Wildman–Crippen LogP) is 2.28. The van der Waals surface area contributed by atoms with Crippen LogP contribution >= 0.6 is 0 Å². The quantitative estimate of drug-likeness (QED) is 0.779. The number of urea groups is 1. The van der Waals surface area contributed by atoms with Crippen LogP contribution in [0.3, 0.4) is 0 Å². The molecule has 3 N–H and O–H groups in total. The highest BCUT2D eigenvalue weighted by Crippen LogP contribution is 2.32. The van der Waals surface area contributed by atoms with E-state index in [1.165, 1.54) is 0 Å². The average molecular weight is 292 g/mol. The number of aliphatic hydroxyl groups excluding tert-OH is 1. The van der Waals surface area contributed by atoms with Crippen LogP contribution in [0.15, 0.2) is 18.2 Å². The number of ether oxygens (including phenoxy) is 1. The number of rotatable bonds is 5. The van der Waals surface area contributed by atoms with Crippen molar-refractivity contribution in [2.45, 2.75) is 45.2 Å². The fraction of sp³-hybridized carbons (Fsp3) is 0.562. The topological polar surface area (TPSA) is 70.6 Å². The summed E-state index contributed by atoms with van der Waals surface area (Å²) in [7, 11) is 0. The molecule has 1 aliphatic heterocycles. The van der Waals surface area contributed by atoms with Gasteiger partial charge in [0.15, 0.2) is 0 Å². The number of nitrogens with one attached hydrogen (secondary N) is 2. The minimum absolute atomic E-state index is 0.0547. The van der Waals surface area contributed by atoms with Crippen molar-refractivity contribution < 1.29 is 14.6 Å². The van der Waals surface area contributed by atoms with Gasteiger partial charge in [-0.05, 0) is 32.8 Å². The molecule has 0 aliphatic carbocycles. The molecule has 2 unspecified atom stereocenters. The Bertz CT molecular complexity index is 518. The van der Waals surface area contributed by atoms with Gasteiger partial charge in [-0.25, -0.2) is 4.79 Å². The van der Waals surface area contributed by atoms with Crippen molar-refractivity contribution in [3.63, 3.8) is 0 Å². The molecule has 2 rings (SSSR count). The molecule has 0 aromatic heterocycles. The molecule has 0 fully saturated rings. The summed E-state index contributed by atoms with van der Waals surface area (Å²) in [6.07, 6.45) is 1.30. The molecule has 2 amide bonds. The van der Waals surface area contributed by atoms with Crippen LogP contribution in [0, 0.1) is 6.92 Å². The molecule has 116 valence electrons. The number of fused-ring (bicyclic) bond motifs is 1. The number of carbonyl (C=O) groups is 1. The fourth-order valence-electron chi connectivity index (χ4n) is 2.50. The van der Waals surface area contributed by atoms with Crippen LogP contribution < -0.4 is 15.4 Å². The summed E-state index contributed by atoms with van der Waals surface area (Å²) in [5, 5.41) is 15.0. The molecule has 0 spiro atoms. The number of hydrogen-bond acceptors (Lipinski definition) is 3. The highest BCUT2D eigenvalue weighted by atomic mass is 16.5. The Morgan fingerprint density at radius 1 is 1.52 bits per heavy atom. The van der Waals surface area contributed by atoms with Gasteiger partial charge in [0.2, 0.25) is 0 Å². The molecular formula is C16H24N2O3. The van der Waals surface area contributed by atoms with Crippen LogP contribution in [0.2, 0.25) is 0 Å². The Morgan fingerprint density at radius 3 is 2.95 bits per heavy atom. The van der Waals surface area contributed by atoms with Crippen LogP contribution in [0.1, 0.15) is 43.9 Å². The first-order valence-electron chi connectivity index (χ1n) is 7.40. The average Bonchev–Trinajstić information content (AvgIpc) is 2.81. The van der Waals surface area contributed by atoms with Crippen LogP contribution in [0.5, 0.6) is 5.75 Å². The first-order chi connectivity index (χ1) is 9.97. The molecule has 5 nitrogen and oxygen atoms in total. The van der Waals surface area contributed by atoms with Gasteiger partial charge < -0.3 is 20.5 Å². The molecule has 2 atom stereocenters. The Labute approximate surface area is 125 Å². The fourth-order valence-corrected chi connectivity index (χ4v) is 2.50. The summed E-state index contributed by atoms with van der Waals surface area (Å²) in [4.78, 5) is 12.2. The van der Waals surface area contributed by atoms with Gasteiger partial charge in [-0.3, -0.25) is 0 Å². The Hall–Kier alpha value is -1.75. The third-order valence-corrected chi connectivity index (χ3v) is 4.11. The lowest BCUT2D eigenvalue weighted by Gasteiger charge is -2.29. The van der Waals surface area contributed by atoms with Crippen molar-refractivity contribution in [1.29, 1.82) is 0 Å². The number of amides is 2. The third kappa shape index (κ3) is 3.67. The summed E-state index contributed by atoms with van der Waals surface area (Å²) in [6.45, 7) is 6.46. The normalized spacial score (nSPS) is 19.3. The minimum atomic E-state index is -0.395. The van der Waals surface area contributed by atoms with Crippen LogP contribution in [-0.2, 0) is 0 Å². The van der Waals surface area contributed by atoms with Crippen molar-refractivity contribution in [3.8, 4) is 5.75 Å².